The molecule has 5 heterocycles. The van der Waals surface area contributed by atoms with Crippen LogP contribution < -0.4 is 26.0 Å². The van der Waals surface area contributed by atoms with Crippen LogP contribution in [0.5, 0.6) is 6.01 Å². The minimum absolute atomic E-state index is 0.0572. The molecule has 3 unspecified atom stereocenters. The molecule has 2 bridgehead atoms. The van der Waals surface area contributed by atoms with Crippen molar-refractivity contribution in [3.63, 3.8) is 0 Å². The first-order valence-electron chi connectivity index (χ1n) is 13.7. The van der Waals surface area contributed by atoms with E-state index in [0.717, 1.165) is 43.0 Å². The number of pyridine rings is 1. The van der Waals surface area contributed by atoms with Gasteiger partial charge in [0.05, 0.1) is 21.8 Å². The van der Waals surface area contributed by atoms with Crippen molar-refractivity contribution in [1.29, 1.82) is 0 Å². The van der Waals surface area contributed by atoms with E-state index in [0.29, 0.717) is 35.4 Å². The monoisotopic (exact) mass is 608 g/mol. The number of nitrogens with two attached hydrogens (primary N) is 1. The number of piperazine rings is 1. The molecule has 7 rings (SSSR count). The van der Waals surface area contributed by atoms with Gasteiger partial charge in [-0.3, -0.25) is 4.98 Å². The number of aromatic nitrogens is 4. The lowest BCUT2D eigenvalue weighted by atomic mass is 10.0. The zero-order valence-electron chi connectivity index (χ0n) is 22.6. The van der Waals surface area contributed by atoms with Crippen LogP contribution in [0.2, 0.25) is 5.02 Å². The number of ether oxygens (including phenoxy) is 1. The molecule has 2 aromatic carbocycles. The van der Waals surface area contributed by atoms with E-state index < -0.39 is 11.6 Å². The molecule has 0 aliphatic carbocycles. The highest BCUT2D eigenvalue weighted by Crippen LogP contribution is 2.43. The first-order valence-corrected chi connectivity index (χ1v) is 14.9. The van der Waals surface area contributed by atoms with Crippen LogP contribution in [0.4, 0.5) is 25.4 Å². The van der Waals surface area contributed by atoms with E-state index in [1.54, 1.807) is 18.5 Å². The maximum atomic E-state index is 16.6. The number of rotatable bonds is 7. The number of benzene rings is 2. The van der Waals surface area contributed by atoms with E-state index in [1.807, 2.05) is 19.1 Å². The Morgan fingerprint density at radius 1 is 1.12 bits per heavy atom. The lowest BCUT2D eigenvalue weighted by molar-refractivity contribution is 0.216. The van der Waals surface area contributed by atoms with Crippen molar-refractivity contribution in [2.45, 2.75) is 38.0 Å². The fourth-order valence-electron chi connectivity index (χ4n) is 5.82. The third-order valence-electron chi connectivity index (χ3n) is 7.72. The van der Waals surface area contributed by atoms with Crippen LogP contribution in [0.3, 0.4) is 0 Å². The number of thiazole rings is 1. The molecular weight excluding hydrogens is 582 g/mol. The van der Waals surface area contributed by atoms with Crippen molar-refractivity contribution in [1.82, 2.24) is 25.3 Å². The lowest BCUT2D eigenvalue weighted by Crippen LogP contribution is -2.51. The summed E-state index contributed by atoms with van der Waals surface area (Å²) in [5.41, 5.74) is 7.51. The Hall–Kier alpha value is -3.87. The molecule has 0 spiro atoms. The molecule has 3 aromatic heterocycles. The quantitative estimate of drug-likeness (QED) is 0.216. The molecule has 9 nitrogen and oxygen atoms in total. The van der Waals surface area contributed by atoms with Crippen molar-refractivity contribution in [2.24, 2.45) is 0 Å². The van der Waals surface area contributed by atoms with Gasteiger partial charge in [0.15, 0.2) is 10.9 Å². The number of hydrogen-bond donors (Lipinski definition) is 3. The van der Waals surface area contributed by atoms with E-state index in [-0.39, 0.29) is 43.6 Å². The Bertz CT molecular complexity index is 1790. The fraction of sp³-hybridized carbons (Fsp3) is 0.310. The largest absolute Gasteiger partial charge is 0.459 e. The number of nitrogens with zero attached hydrogens (tertiary/aromatic N) is 5. The van der Waals surface area contributed by atoms with Crippen molar-refractivity contribution in [2.75, 3.05) is 35.6 Å². The first-order chi connectivity index (χ1) is 20.3. The molecule has 2 fully saturated rings. The summed E-state index contributed by atoms with van der Waals surface area (Å²) < 4.78 is 37.6. The van der Waals surface area contributed by atoms with Crippen LogP contribution in [0.15, 0.2) is 42.7 Å². The molecule has 216 valence electrons. The fourth-order valence-corrected chi connectivity index (χ4v) is 6.88. The van der Waals surface area contributed by atoms with Gasteiger partial charge in [0.2, 0.25) is 0 Å². The average molecular weight is 609 g/mol. The predicted octanol–water partition coefficient (Wildman–Crippen LogP) is 5.64. The number of hydrogen-bond acceptors (Lipinski definition) is 10. The number of anilines is 3. The molecule has 2 aliphatic rings. The molecule has 5 aromatic rings. The third kappa shape index (κ3) is 4.93. The van der Waals surface area contributed by atoms with Gasteiger partial charge in [-0.25, -0.2) is 13.8 Å². The zero-order valence-corrected chi connectivity index (χ0v) is 24.1. The number of halogens is 3. The predicted molar refractivity (Wildman–Crippen MR) is 162 cm³/mol. The summed E-state index contributed by atoms with van der Waals surface area (Å²) in [6.07, 6.45) is 5.21. The highest BCUT2D eigenvalue weighted by molar-refractivity contribution is 7.22. The Kier molecular flexibility index (Phi) is 6.91. The summed E-state index contributed by atoms with van der Waals surface area (Å²) in [6, 6.07) is 8.83. The smallest absolute Gasteiger partial charge is 0.319 e. The zero-order chi connectivity index (χ0) is 29.0. The molecule has 0 saturated carbocycles. The van der Waals surface area contributed by atoms with E-state index in [4.69, 9.17) is 27.1 Å². The van der Waals surface area contributed by atoms with Crippen molar-refractivity contribution in [3.8, 4) is 17.1 Å². The second-order valence-electron chi connectivity index (χ2n) is 10.7. The SMILES string of the molecule is CC(CNc1ccncc1)Oc1nc(N2CC3CCC(C2)N3)c2cc(Cl)c(-c3ccc(F)c4sc(N)nc34)c(F)c2n1. The van der Waals surface area contributed by atoms with Gasteiger partial charge in [-0.2, -0.15) is 9.97 Å². The second-order valence-corrected chi connectivity index (χ2v) is 12.1. The van der Waals surface area contributed by atoms with Crippen LogP contribution in [-0.2, 0) is 0 Å². The number of nitrogen functional groups attached to an aromatic ring is 1. The molecule has 42 heavy (non-hydrogen) atoms. The van der Waals surface area contributed by atoms with Crippen molar-refractivity contribution >= 4 is 60.7 Å². The summed E-state index contributed by atoms with van der Waals surface area (Å²) in [4.78, 5) is 19.8. The highest BCUT2D eigenvalue weighted by atomic mass is 35.5. The van der Waals surface area contributed by atoms with Gasteiger partial charge in [-0.05, 0) is 50.1 Å². The van der Waals surface area contributed by atoms with E-state index in [1.165, 1.54) is 12.1 Å². The van der Waals surface area contributed by atoms with E-state index in [9.17, 15) is 4.39 Å². The Morgan fingerprint density at radius 3 is 2.64 bits per heavy atom. The average Bonchev–Trinajstić information content (AvgIpc) is 3.54. The van der Waals surface area contributed by atoms with Gasteiger partial charge in [0, 0.05) is 59.8 Å². The van der Waals surface area contributed by atoms with Gasteiger partial charge in [-0.15, -0.1) is 0 Å². The van der Waals surface area contributed by atoms with E-state index >= 15 is 4.39 Å². The van der Waals surface area contributed by atoms with Crippen LogP contribution >= 0.6 is 22.9 Å². The first kappa shape index (κ1) is 27.0. The molecule has 13 heteroatoms. The van der Waals surface area contributed by atoms with E-state index in [2.05, 4.69) is 30.5 Å². The number of fused-ring (bicyclic) bond motifs is 4. The molecule has 0 radical (unpaired) electrons. The minimum atomic E-state index is -0.661. The molecular formula is C29H27ClF2N8OS. The maximum absolute atomic E-state index is 16.6. The normalized spacial score (nSPS) is 19.0. The van der Waals surface area contributed by atoms with Gasteiger partial charge in [0.25, 0.3) is 0 Å². The topological polar surface area (TPSA) is 114 Å². The van der Waals surface area contributed by atoms with Gasteiger partial charge < -0.3 is 26.0 Å². The summed E-state index contributed by atoms with van der Waals surface area (Å²) in [6.45, 7) is 3.79. The van der Waals surface area contributed by atoms with Gasteiger partial charge >= 0.3 is 6.01 Å². The van der Waals surface area contributed by atoms with Crippen LogP contribution in [0, 0.1) is 11.6 Å². The van der Waals surface area contributed by atoms with Gasteiger partial charge in [-0.1, -0.05) is 22.9 Å². The van der Waals surface area contributed by atoms with Crippen LogP contribution in [0.25, 0.3) is 32.2 Å². The Balaban J connectivity index is 1.33. The highest BCUT2D eigenvalue weighted by Gasteiger charge is 2.34. The lowest BCUT2D eigenvalue weighted by Gasteiger charge is -2.34. The summed E-state index contributed by atoms with van der Waals surface area (Å²) in [7, 11) is 0. The molecule has 4 N–H and O–H groups in total. The molecule has 3 atom stereocenters. The molecule has 2 saturated heterocycles. The number of nitrogens with one attached hydrogen (secondary N) is 2. The molecule has 2 aliphatic heterocycles. The summed E-state index contributed by atoms with van der Waals surface area (Å²) >= 11 is 7.78. The molecule has 0 amide bonds. The third-order valence-corrected chi connectivity index (χ3v) is 8.91. The second kappa shape index (κ2) is 10.8. The standard InChI is InChI=1S/C29H27ClF2N8OS/c1-14(11-35-15-6-8-34-9-7-15)41-29-38-24-19(27(39-29)40-12-16-2-3-17(13-40)36-16)10-20(30)22(23(24)32)18-4-5-21(31)26-25(18)37-28(33)42-26/h4-10,14,16-17,36H,2-3,11-13H2,1H3,(H2,33,37)(H,34,35). The Labute approximate surface area is 249 Å². The maximum Gasteiger partial charge on any atom is 0.319 e. The Morgan fingerprint density at radius 2 is 1.88 bits per heavy atom. The van der Waals surface area contributed by atoms with Crippen LogP contribution in [-0.4, -0.2) is 57.8 Å². The van der Waals surface area contributed by atoms with Gasteiger partial charge in [0.1, 0.15) is 23.3 Å². The minimum Gasteiger partial charge on any atom is -0.459 e. The van der Waals surface area contributed by atoms with Crippen molar-refractivity contribution in [3.05, 3.63) is 59.4 Å². The summed E-state index contributed by atoms with van der Waals surface area (Å²) in [5, 5.41) is 7.72. The van der Waals surface area contributed by atoms with Crippen molar-refractivity contribution < 1.29 is 13.5 Å². The summed E-state index contributed by atoms with van der Waals surface area (Å²) in [5.74, 6) is -0.577. The van der Waals surface area contributed by atoms with Crippen LogP contribution in [0.1, 0.15) is 19.8 Å².